The Balaban J connectivity index is 2.02. The molecule has 5 nitrogen and oxygen atoms in total. The van der Waals surface area contributed by atoms with Crippen molar-refractivity contribution in [2.75, 3.05) is 13.7 Å². The van der Waals surface area contributed by atoms with Crippen LogP contribution in [0.2, 0.25) is 0 Å². The van der Waals surface area contributed by atoms with Crippen molar-refractivity contribution in [3.8, 4) is 0 Å². The maximum absolute atomic E-state index is 12.8. The Hall–Kier alpha value is -1.92. The van der Waals surface area contributed by atoms with Crippen molar-refractivity contribution in [1.82, 2.24) is 4.31 Å². The normalized spacial score (nSPS) is 19.4. The molecule has 0 N–H and O–H groups in total. The molecule has 0 saturated carbocycles. The number of nitrogens with zero attached hydrogens (tertiary/aromatic N) is 1. The van der Waals surface area contributed by atoms with Crippen LogP contribution >= 0.6 is 0 Å². The van der Waals surface area contributed by atoms with Crippen molar-refractivity contribution in [2.24, 2.45) is 0 Å². The molecule has 116 valence electrons. The minimum Gasteiger partial charge on any atom is -0.468 e. The lowest BCUT2D eigenvalue weighted by Crippen LogP contribution is -2.41. The van der Waals surface area contributed by atoms with E-state index in [9.17, 15) is 13.2 Å². The highest BCUT2D eigenvalue weighted by atomic mass is 32.2. The summed E-state index contributed by atoms with van der Waals surface area (Å²) in [5, 5.41) is 1.84. The van der Waals surface area contributed by atoms with Crippen molar-refractivity contribution in [2.45, 2.75) is 23.8 Å². The molecule has 2 aromatic rings. The zero-order valence-corrected chi connectivity index (χ0v) is 13.0. The van der Waals surface area contributed by atoms with E-state index in [1.165, 1.54) is 11.4 Å². The maximum Gasteiger partial charge on any atom is 0.324 e. The Bertz CT molecular complexity index is 816. The van der Waals surface area contributed by atoms with Crippen molar-refractivity contribution in [1.29, 1.82) is 0 Å². The number of fused-ring (bicyclic) bond motifs is 1. The molecule has 0 bridgehead atoms. The van der Waals surface area contributed by atoms with Crippen molar-refractivity contribution in [3.05, 3.63) is 42.5 Å². The lowest BCUT2D eigenvalue weighted by Gasteiger charge is -2.22. The van der Waals surface area contributed by atoms with E-state index in [4.69, 9.17) is 4.74 Å². The number of methoxy groups -OCH3 is 1. The summed E-state index contributed by atoms with van der Waals surface area (Å²) in [7, 11) is -2.42. The van der Waals surface area contributed by atoms with Crippen LogP contribution < -0.4 is 0 Å². The van der Waals surface area contributed by atoms with Gasteiger partial charge in [0.2, 0.25) is 10.0 Å². The van der Waals surface area contributed by atoms with Crippen LogP contribution in [0.1, 0.15) is 12.8 Å². The largest absolute Gasteiger partial charge is 0.468 e. The van der Waals surface area contributed by atoms with Crippen molar-refractivity contribution >= 4 is 26.8 Å². The second-order valence-electron chi connectivity index (χ2n) is 5.31. The molecule has 1 atom stereocenters. The van der Waals surface area contributed by atoms with E-state index in [1.54, 1.807) is 18.2 Å². The van der Waals surface area contributed by atoms with Crippen molar-refractivity contribution < 1.29 is 17.9 Å². The number of carbonyl (C=O) groups is 1. The first-order valence-electron chi connectivity index (χ1n) is 7.12. The molecule has 22 heavy (non-hydrogen) atoms. The Morgan fingerprint density at radius 2 is 1.91 bits per heavy atom. The minimum absolute atomic E-state index is 0.210. The summed E-state index contributed by atoms with van der Waals surface area (Å²) in [6, 6.07) is 11.9. The van der Waals surface area contributed by atoms with Crippen LogP contribution in [-0.2, 0) is 19.6 Å². The molecule has 1 saturated heterocycles. The van der Waals surface area contributed by atoms with Crippen molar-refractivity contribution in [3.63, 3.8) is 0 Å². The summed E-state index contributed by atoms with van der Waals surface area (Å²) >= 11 is 0. The van der Waals surface area contributed by atoms with Gasteiger partial charge in [-0.15, -0.1) is 0 Å². The number of benzene rings is 2. The zero-order valence-electron chi connectivity index (χ0n) is 12.2. The van der Waals surface area contributed by atoms with E-state index in [0.29, 0.717) is 19.4 Å². The van der Waals surface area contributed by atoms with Gasteiger partial charge in [0, 0.05) is 6.54 Å². The van der Waals surface area contributed by atoms with E-state index in [0.717, 1.165) is 10.8 Å². The van der Waals surface area contributed by atoms with Gasteiger partial charge in [0.05, 0.1) is 12.0 Å². The fraction of sp³-hybridized carbons (Fsp3) is 0.312. The van der Waals surface area contributed by atoms with Crippen LogP contribution in [0.3, 0.4) is 0 Å². The molecule has 0 aromatic heterocycles. The summed E-state index contributed by atoms with van der Waals surface area (Å²) in [6.45, 7) is 0.342. The number of hydrogen-bond donors (Lipinski definition) is 0. The third kappa shape index (κ3) is 2.48. The zero-order chi connectivity index (χ0) is 15.7. The molecule has 0 radical (unpaired) electrons. The van der Waals surface area contributed by atoms with Gasteiger partial charge in [-0.25, -0.2) is 8.42 Å². The first-order chi connectivity index (χ1) is 10.5. The molecule has 0 unspecified atom stereocenters. The molecule has 0 aliphatic carbocycles. The molecule has 1 aliphatic heterocycles. The fourth-order valence-electron chi connectivity index (χ4n) is 2.86. The van der Waals surface area contributed by atoms with Gasteiger partial charge in [-0.3, -0.25) is 4.79 Å². The molecule has 0 amide bonds. The predicted molar refractivity (Wildman–Crippen MR) is 82.9 cm³/mol. The molecular weight excluding hydrogens is 302 g/mol. The molecule has 2 aromatic carbocycles. The van der Waals surface area contributed by atoms with Gasteiger partial charge in [-0.05, 0) is 35.7 Å². The number of hydrogen-bond acceptors (Lipinski definition) is 4. The summed E-state index contributed by atoms with van der Waals surface area (Å²) in [4.78, 5) is 12.0. The Morgan fingerprint density at radius 3 is 2.64 bits per heavy atom. The topological polar surface area (TPSA) is 63.7 Å². The summed E-state index contributed by atoms with van der Waals surface area (Å²) in [5.74, 6) is -0.498. The first-order valence-corrected chi connectivity index (χ1v) is 8.56. The molecule has 1 heterocycles. The molecule has 3 rings (SSSR count). The molecule has 1 fully saturated rings. The maximum atomic E-state index is 12.8. The van der Waals surface area contributed by atoms with E-state index >= 15 is 0 Å². The minimum atomic E-state index is -3.70. The third-order valence-electron chi connectivity index (χ3n) is 4.00. The van der Waals surface area contributed by atoms with E-state index in [2.05, 4.69) is 0 Å². The molecular formula is C16H17NO4S. The molecule has 1 aliphatic rings. The smallest absolute Gasteiger partial charge is 0.324 e. The Kier molecular flexibility index (Phi) is 3.88. The summed E-state index contributed by atoms with van der Waals surface area (Å²) < 4.78 is 31.6. The third-order valence-corrected chi connectivity index (χ3v) is 5.91. The number of ether oxygens (including phenoxy) is 1. The lowest BCUT2D eigenvalue weighted by atomic mass is 10.1. The van der Waals surface area contributed by atoms with Crippen LogP contribution in [-0.4, -0.2) is 38.4 Å². The monoisotopic (exact) mass is 319 g/mol. The highest BCUT2D eigenvalue weighted by molar-refractivity contribution is 7.89. The predicted octanol–water partition coefficient (Wildman–Crippen LogP) is 2.17. The summed E-state index contributed by atoms with van der Waals surface area (Å²) in [5.41, 5.74) is 0. The van der Waals surface area contributed by atoms with Gasteiger partial charge < -0.3 is 4.74 Å². The van der Waals surface area contributed by atoms with Gasteiger partial charge in [0.15, 0.2) is 0 Å². The Labute approximate surface area is 129 Å². The van der Waals surface area contributed by atoms with Gasteiger partial charge in [-0.2, -0.15) is 4.31 Å². The highest BCUT2D eigenvalue weighted by Gasteiger charge is 2.40. The van der Waals surface area contributed by atoms with Gasteiger partial charge in [0.25, 0.3) is 0 Å². The van der Waals surface area contributed by atoms with E-state index in [-0.39, 0.29) is 4.90 Å². The van der Waals surface area contributed by atoms with Crippen LogP contribution in [0.25, 0.3) is 10.8 Å². The highest BCUT2D eigenvalue weighted by Crippen LogP contribution is 2.28. The molecule has 0 spiro atoms. The Morgan fingerprint density at radius 1 is 1.18 bits per heavy atom. The van der Waals surface area contributed by atoms with Gasteiger partial charge in [0.1, 0.15) is 6.04 Å². The fourth-order valence-corrected chi connectivity index (χ4v) is 4.55. The standard InChI is InChI=1S/C16H17NO4S/c1-21-16(18)15-7-4-10-17(15)22(19,20)14-9-8-12-5-2-3-6-13(12)11-14/h2-3,5-6,8-9,11,15H,4,7,10H2,1H3/t15-/m1/s1. The van der Waals surface area contributed by atoms with Gasteiger partial charge >= 0.3 is 5.97 Å². The molecule has 6 heteroatoms. The number of rotatable bonds is 3. The number of carbonyl (C=O) groups excluding carboxylic acids is 1. The number of sulfonamides is 1. The van der Waals surface area contributed by atoms with Crippen LogP contribution in [0.4, 0.5) is 0 Å². The van der Waals surface area contributed by atoms with Gasteiger partial charge in [-0.1, -0.05) is 30.3 Å². The van der Waals surface area contributed by atoms with Crippen LogP contribution in [0.15, 0.2) is 47.4 Å². The average molecular weight is 319 g/mol. The first kappa shape index (κ1) is 15.0. The SMILES string of the molecule is COC(=O)[C@H]1CCCN1S(=O)(=O)c1ccc2ccccc2c1. The van der Waals surface area contributed by atoms with E-state index in [1.807, 2.05) is 24.3 Å². The quantitative estimate of drug-likeness (QED) is 0.813. The summed E-state index contributed by atoms with van der Waals surface area (Å²) in [6.07, 6.45) is 1.16. The van der Waals surface area contributed by atoms with E-state index < -0.39 is 22.0 Å². The van der Waals surface area contributed by atoms with Crippen LogP contribution in [0, 0.1) is 0 Å². The second kappa shape index (κ2) is 5.70. The average Bonchev–Trinajstić information content (AvgIpc) is 3.04. The second-order valence-corrected chi connectivity index (χ2v) is 7.20. The van der Waals surface area contributed by atoms with Crippen LogP contribution in [0.5, 0.6) is 0 Å². The lowest BCUT2D eigenvalue weighted by molar-refractivity contribution is -0.144. The number of esters is 1.